The Morgan fingerprint density at radius 1 is 1.07 bits per heavy atom. The fraction of sp³-hybridized carbons (Fsp3) is 0.381. The highest BCUT2D eigenvalue weighted by Gasteiger charge is 2.27. The van der Waals surface area contributed by atoms with Crippen LogP contribution >= 0.6 is 0 Å². The van der Waals surface area contributed by atoms with E-state index in [2.05, 4.69) is 15.1 Å². The Bertz CT molecular complexity index is 966. The van der Waals surface area contributed by atoms with Gasteiger partial charge in [0, 0.05) is 51.5 Å². The Labute approximate surface area is 165 Å². The van der Waals surface area contributed by atoms with E-state index < -0.39 is 0 Å². The maximum Gasteiger partial charge on any atom is 0.257 e. The van der Waals surface area contributed by atoms with E-state index in [9.17, 15) is 4.79 Å². The Kier molecular flexibility index (Phi) is 5.00. The summed E-state index contributed by atoms with van der Waals surface area (Å²) in [6.45, 7) is 7.96. The quantitative estimate of drug-likeness (QED) is 0.698. The number of benzene rings is 1. The molecule has 1 saturated heterocycles. The summed E-state index contributed by atoms with van der Waals surface area (Å²) in [6, 6.07) is 9.95. The van der Waals surface area contributed by atoms with Gasteiger partial charge in [0.1, 0.15) is 0 Å². The fourth-order valence-corrected chi connectivity index (χ4v) is 3.85. The molecule has 146 valence electrons. The zero-order valence-electron chi connectivity index (χ0n) is 16.7. The smallest absolute Gasteiger partial charge is 0.257 e. The van der Waals surface area contributed by atoms with Crippen LogP contribution < -0.4 is 0 Å². The first-order valence-electron chi connectivity index (χ1n) is 9.63. The summed E-state index contributed by atoms with van der Waals surface area (Å²) in [4.78, 5) is 17.5. The normalized spacial score (nSPS) is 15.2. The van der Waals surface area contributed by atoms with E-state index in [0.717, 1.165) is 55.4 Å². The van der Waals surface area contributed by atoms with Crippen molar-refractivity contribution in [3.05, 3.63) is 65.2 Å². The Morgan fingerprint density at radius 2 is 1.79 bits per heavy atom. The van der Waals surface area contributed by atoms with Crippen LogP contribution in [0.25, 0.3) is 5.69 Å². The van der Waals surface area contributed by atoms with Crippen molar-refractivity contribution in [2.24, 2.45) is 7.05 Å². The van der Waals surface area contributed by atoms with Gasteiger partial charge in [-0.05, 0) is 26.0 Å². The van der Waals surface area contributed by atoms with Gasteiger partial charge >= 0.3 is 0 Å². The number of piperazine rings is 1. The second-order valence-corrected chi connectivity index (χ2v) is 7.38. The molecule has 0 saturated carbocycles. The number of carbonyl (C=O) groups is 1. The molecule has 1 amide bonds. The van der Waals surface area contributed by atoms with Crippen LogP contribution in [0.4, 0.5) is 0 Å². The van der Waals surface area contributed by atoms with Gasteiger partial charge in [-0.2, -0.15) is 10.2 Å². The van der Waals surface area contributed by atoms with Gasteiger partial charge in [-0.25, -0.2) is 4.68 Å². The fourth-order valence-electron chi connectivity index (χ4n) is 3.85. The maximum absolute atomic E-state index is 13.2. The highest BCUT2D eigenvalue weighted by atomic mass is 16.2. The van der Waals surface area contributed by atoms with E-state index in [0.29, 0.717) is 0 Å². The number of hydrogen-bond acceptors (Lipinski definition) is 4. The number of amides is 1. The van der Waals surface area contributed by atoms with Gasteiger partial charge in [-0.1, -0.05) is 18.2 Å². The number of rotatable bonds is 4. The van der Waals surface area contributed by atoms with Gasteiger partial charge in [0.05, 0.1) is 28.8 Å². The molecule has 0 N–H and O–H groups in total. The lowest BCUT2D eigenvalue weighted by Crippen LogP contribution is -2.48. The monoisotopic (exact) mass is 378 g/mol. The number of carbonyl (C=O) groups excluding carboxylic acids is 1. The van der Waals surface area contributed by atoms with Crippen molar-refractivity contribution in [3.63, 3.8) is 0 Å². The number of hydrogen-bond donors (Lipinski definition) is 0. The molecule has 3 heterocycles. The number of nitrogens with zero attached hydrogens (tertiary/aromatic N) is 6. The summed E-state index contributed by atoms with van der Waals surface area (Å²) in [5, 5.41) is 8.85. The first-order chi connectivity index (χ1) is 13.5. The molecule has 0 aliphatic carbocycles. The third-order valence-corrected chi connectivity index (χ3v) is 5.33. The average molecular weight is 378 g/mol. The third kappa shape index (κ3) is 3.57. The van der Waals surface area contributed by atoms with Crippen molar-refractivity contribution in [1.82, 2.24) is 29.4 Å². The number of aromatic nitrogens is 4. The second kappa shape index (κ2) is 7.59. The van der Waals surface area contributed by atoms with Gasteiger partial charge in [0.15, 0.2) is 0 Å². The minimum absolute atomic E-state index is 0.0817. The second-order valence-electron chi connectivity index (χ2n) is 7.38. The zero-order valence-corrected chi connectivity index (χ0v) is 16.7. The van der Waals surface area contributed by atoms with E-state index >= 15 is 0 Å². The van der Waals surface area contributed by atoms with E-state index in [1.807, 2.05) is 77.9 Å². The molecule has 1 aromatic carbocycles. The SMILES string of the molecule is Cc1nn(-c2ccccc2)c(C)c1C(=O)N1CCN(Cc2cnn(C)c2)CC1. The molecule has 28 heavy (non-hydrogen) atoms. The lowest BCUT2D eigenvalue weighted by Gasteiger charge is -2.34. The third-order valence-electron chi connectivity index (χ3n) is 5.33. The summed E-state index contributed by atoms with van der Waals surface area (Å²) in [5.74, 6) is 0.0817. The van der Waals surface area contributed by atoms with Crippen molar-refractivity contribution in [2.75, 3.05) is 26.2 Å². The summed E-state index contributed by atoms with van der Waals surface area (Å²) >= 11 is 0. The summed E-state index contributed by atoms with van der Waals surface area (Å²) < 4.78 is 3.69. The van der Waals surface area contributed by atoms with Crippen molar-refractivity contribution in [1.29, 1.82) is 0 Å². The van der Waals surface area contributed by atoms with Crippen LogP contribution in [-0.2, 0) is 13.6 Å². The van der Waals surface area contributed by atoms with Gasteiger partial charge in [-0.3, -0.25) is 14.4 Å². The predicted molar refractivity (Wildman–Crippen MR) is 107 cm³/mol. The number of aryl methyl sites for hydroxylation is 2. The van der Waals surface area contributed by atoms with Crippen molar-refractivity contribution < 1.29 is 4.79 Å². The summed E-state index contributed by atoms with van der Waals surface area (Å²) in [6.07, 6.45) is 3.95. The Balaban J connectivity index is 1.45. The topological polar surface area (TPSA) is 59.2 Å². The molecule has 1 fully saturated rings. The van der Waals surface area contributed by atoms with Crippen LogP contribution in [0.1, 0.15) is 27.3 Å². The van der Waals surface area contributed by atoms with E-state index in [1.165, 1.54) is 5.56 Å². The van der Waals surface area contributed by atoms with E-state index in [4.69, 9.17) is 0 Å². The molecule has 0 atom stereocenters. The molecule has 7 heteroatoms. The van der Waals surface area contributed by atoms with E-state index in [-0.39, 0.29) is 5.91 Å². The molecular weight excluding hydrogens is 352 g/mol. The molecular formula is C21H26N6O. The van der Waals surface area contributed by atoms with Crippen molar-refractivity contribution in [3.8, 4) is 5.69 Å². The summed E-state index contributed by atoms with van der Waals surface area (Å²) in [5.41, 5.74) is 4.58. The molecule has 1 aliphatic heterocycles. The van der Waals surface area contributed by atoms with Gasteiger partial charge in [-0.15, -0.1) is 0 Å². The van der Waals surface area contributed by atoms with Crippen LogP contribution in [-0.4, -0.2) is 61.4 Å². The van der Waals surface area contributed by atoms with Gasteiger partial charge in [0.25, 0.3) is 5.91 Å². The van der Waals surface area contributed by atoms with Crippen LogP contribution in [0.2, 0.25) is 0 Å². The first-order valence-corrected chi connectivity index (χ1v) is 9.63. The highest BCUT2D eigenvalue weighted by molar-refractivity contribution is 5.96. The summed E-state index contributed by atoms with van der Waals surface area (Å²) in [7, 11) is 1.93. The maximum atomic E-state index is 13.2. The molecule has 3 aromatic rings. The zero-order chi connectivity index (χ0) is 19.7. The standard InChI is InChI=1S/C21H26N6O/c1-16-20(17(2)27(23-16)19-7-5-4-6-8-19)21(28)26-11-9-25(10-12-26)15-18-13-22-24(3)14-18/h4-8,13-14H,9-12,15H2,1-3H3. The highest BCUT2D eigenvalue weighted by Crippen LogP contribution is 2.20. The van der Waals surface area contributed by atoms with Gasteiger partial charge < -0.3 is 4.90 Å². The lowest BCUT2D eigenvalue weighted by molar-refractivity contribution is 0.0627. The minimum atomic E-state index is 0.0817. The molecule has 2 aromatic heterocycles. The van der Waals surface area contributed by atoms with Crippen LogP contribution in [0.5, 0.6) is 0 Å². The van der Waals surface area contributed by atoms with Gasteiger partial charge in [0.2, 0.25) is 0 Å². The van der Waals surface area contributed by atoms with Crippen LogP contribution in [0.3, 0.4) is 0 Å². The molecule has 0 spiro atoms. The number of para-hydroxylation sites is 1. The molecule has 1 aliphatic rings. The lowest BCUT2D eigenvalue weighted by atomic mass is 10.1. The molecule has 0 radical (unpaired) electrons. The average Bonchev–Trinajstić information content (AvgIpc) is 3.24. The minimum Gasteiger partial charge on any atom is -0.336 e. The predicted octanol–water partition coefficient (Wildman–Crippen LogP) is 2.18. The molecule has 4 rings (SSSR count). The van der Waals surface area contributed by atoms with Crippen molar-refractivity contribution >= 4 is 5.91 Å². The van der Waals surface area contributed by atoms with Crippen LogP contribution in [0.15, 0.2) is 42.7 Å². The molecule has 7 nitrogen and oxygen atoms in total. The van der Waals surface area contributed by atoms with Crippen LogP contribution in [0, 0.1) is 13.8 Å². The van der Waals surface area contributed by atoms with Crippen molar-refractivity contribution in [2.45, 2.75) is 20.4 Å². The van der Waals surface area contributed by atoms with E-state index in [1.54, 1.807) is 0 Å². The largest absolute Gasteiger partial charge is 0.336 e. The molecule has 0 unspecified atom stereocenters. The molecule has 0 bridgehead atoms. The first kappa shape index (κ1) is 18.4. The Hall–Kier alpha value is -2.93. The Morgan fingerprint density at radius 3 is 2.43 bits per heavy atom.